The van der Waals surface area contributed by atoms with Crippen molar-refractivity contribution in [1.82, 2.24) is 9.21 Å². The first-order chi connectivity index (χ1) is 9.32. The summed E-state index contributed by atoms with van der Waals surface area (Å²) >= 11 is 1.16. The Hall–Kier alpha value is -0.470. The van der Waals surface area contributed by atoms with Crippen molar-refractivity contribution >= 4 is 21.4 Å². The molecule has 5 nitrogen and oxygen atoms in total. The molecule has 0 aliphatic heterocycles. The maximum atomic E-state index is 12.6. The van der Waals surface area contributed by atoms with Crippen LogP contribution in [0, 0.1) is 6.92 Å². The average molecular weight is 320 g/mol. The smallest absolute Gasteiger partial charge is 0.252 e. The molecule has 0 aliphatic rings. The minimum absolute atomic E-state index is 0.112. The Morgan fingerprint density at radius 1 is 1.30 bits per heavy atom. The van der Waals surface area contributed by atoms with E-state index in [1.54, 1.807) is 6.07 Å². The summed E-state index contributed by atoms with van der Waals surface area (Å²) in [5.41, 5.74) is 0.834. The number of thiophene rings is 1. The van der Waals surface area contributed by atoms with Crippen LogP contribution in [0.25, 0.3) is 0 Å². The zero-order valence-corrected chi connectivity index (χ0v) is 14.2. The van der Waals surface area contributed by atoms with Crippen LogP contribution in [0.1, 0.15) is 23.8 Å². The molecule has 116 valence electrons. The van der Waals surface area contributed by atoms with Gasteiger partial charge in [0.2, 0.25) is 0 Å². The van der Waals surface area contributed by atoms with E-state index in [0.29, 0.717) is 22.2 Å². The van der Waals surface area contributed by atoms with Gasteiger partial charge in [0.1, 0.15) is 4.21 Å². The zero-order chi connectivity index (χ0) is 15.3. The Morgan fingerprint density at radius 2 is 1.95 bits per heavy atom. The molecule has 0 aromatic carbocycles. The first-order valence-electron chi connectivity index (χ1n) is 6.68. The second-order valence-electron chi connectivity index (χ2n) is 4.98. The van der Waals surface area contributed by atoms with Crippen molar-refractivity contribution in [3.63, 3.8) is 0 Å². The van der Waals surface area contributed by atoms with E-state index in [9.17, 15) is 13.5 Å². The molecule has 0 atom stereocenters. The van der Waals surface area contributed by atoms with Gasteiger partial charge in [0.05, 0.1) is 6.61 Å². The highest BCUT2D eigenvalue weighted by Gasteiger charge is 2.25. The minimum atomic E-state index is -3.44. The van der Waals surface area contributed by atoms with Gasteiger partial charge in [-0.15, -0.1) is 11.3 Å². The lowest BCUT2D eigenvalue weighted by Crippen LogP contribution is -2.32. The van der Waals surface area contributed by atoms with Crippen LogP contribution in [-0.2, 0) is 16.6 Å². The summed E-state index contributed by atoms with van der Waals surface area (Å²) in [4.78, 5) is 2.76. The lowest BCUT2D eigenvalue weighted by atomic mass is 10.3. The fourth-order valence-corrected chi connectivity index (χ4v) is 5.00. The van der Waals surface area contributed by atoms with Crippen molar-refractivity contribution in [3.05, 3.63) is 16.5 Å². The number of rotatable bonds is 8. The number of nitrogens with zero attached hydrogens (tertiary/aromatic N) is 2. The fourth-order valence-electron chi connectivity index (χ4n) is 1.91. The van der Waals surface area contributed by atoms with Crippen LogP contribution in [0.5, 0.6) is 0 Å². The van der Waals surface area contributed by atoms with E-state index in [2.05, 4.69) is 0 Å². The summed E-state index contributed by atoms with van der Waals surface area (Å²) in [6.07, 6.45) is 0.803. The van der Waals surface area contributed by atoms with E-state index in [-0.39, 0.29) is 6.61 Å². The Kier molecular flexibility index (Phi) is 6.60. The van der Waals surface area contributed by atoms with Crippen LogP contribution >= 0.6 is 11.3 Å². The molecule has 7 heteroatoms. The Bertz CT molecular complexity index is 524. The summed E-state index contributed by atoms with van der Waals surface area (Å²) in [6, 6.07) is 1.65. The number of sulfonamides is 1. The van der Waals surface area contributed by atoms with Crippen molar-refractivity contribution in [2.45, 2.75) is 31.1 Å². The van der Waals surface area contributed by atoms with Gasteiger partial charge in [-0.05, 0) is 45.6 Å². The molecule has 1 N–H and O–H groups in total. The third-order valence-electron chi connectivity index (χ3n) is 3.10. The molecule has 0 saturated carbocycles. The normalized spacial score (nSPS) is 12.6. The molecule has 1 rings (SSSR count). The molecule has 0 spiro atoms. The van der Waals surface area contributed by atoms with E-state index in [0.717, 1.165) is 29.9 Å². The van der Waals surface area contributed by atoms with Crippen molar-refractivity contribution in [1.29, 1.82) is 0 Å². The topological polar surface area (TPSA) is 60.9 Å². The van der Waals surface area contributed by atoms with Gasteiger partial charge < -0.3 is 10.0 Å². The molecule has 0 amide bonds. The van der Waals surface area contributed by atoms with Gasteiger partial charge in [0.25, 0.3) is 10.0 Å². The van der Waals surface area contributed by atoms with Gasteiger partial charge in [-0.25, -0.2) is 8.42 Å². The van der Waals surface area contributed by atoms with Gasteiger partial charge in [0, 0.05) is 18.0 Å². The molecule has 0 saturated heterocycles. The van der Waals surface area contributed by atoms with Crippen molar-refractivity contribution < 1.29 is 13.5 Å². The highest BCUT2D eigenvalue weighted by molar-refractivity contribution is 7.91. The molecule has 0 unspecified atom stereocenters. The lowest BCUT2D eigenvalue weighted by molar-refractivity contribution is 0.285. The Balaban J connectivity index is 2.88. The molecule has 1 heterocycles. The summed E-state index contributed by atoms with van der Waals surface area (Å²) in [5.74, 6) is 0. The van der Waals surface area contributed by atoms with Gasteiger partial charge in [-0.1, -0.05) is 6.92 Å². The average Bonchev–Trinajstić information content (AvgIpc) is 2.76. The maximum Gasteiger partial charge on any atom is 0.252 e. The van der Waals surface area contributed by atoms with Gasteiger partial charge >= 0.3 is 0 Å². The fraction of sp³-hybridized carbons (Fsp3) is 0.692. The van der Waals surface area contributed by atoms with E-state index in [4.69, 9.17) is 0 Å². The van der Waals surface area contributed by atoms with Gasteiger partial charge in [-0.2, -0.15) is 4.31 Å². The van der Waals surface area contributed by atoms with Crippen molar-refractivity contribution in [3.8, 4) is 0 Å². The standard InChI is InChI=1S/C13H24N2O3S2/c1-5-15(8-6-7-14(3)4)20(17,18)13-9-11(2)12(10-16)19-13/h9,16H,5-8,10H2,1-4H3. The maximum absolute atomic E-state index is 12.6. The first-order valence-corrected chi connectivity index (χ1v) is 8.93. The monoisotopic (exact) mass is 320 g/mol. The van der Waals surface area contributed by atoms with Crippen molar-refractivity contribution in [2.24, 2.45) is 0 Å². The molecule has 20 heavy (non-hydrogen) atoms. The number of hydrogen-bond donors (Lipinski definition) is 1. The van der Waals surface area contributed by atoms with E-state index in [1.807, 2.05) is 32.8 Å². The van der Waals surface area contributed by atoms with E-state index < -0.39 is 10.0 Å². The second kappa shape index (κ2) is 7.51. The van der Waals surface area contributed by atoms with E-state index >= 15 is 0 Å². The highest BCUT2D eigenvalue weighted by atomic mass is 32.2. The molecule has 0 radical (unpaired) electrons. The molecule has 0 bridgehead atoms. The van der Waals surface area contributed by atoms with Crippen LogP contribution in [0.2, 0.25) is 0 Å². The SMILES string of the molecule is CCN(CCCN(C)C)S(=O)(=O)c1cc(C)c(CO)s1. The second-order valence-corrected chi connectivity index (χ2v) is 8.28. The molecule has 1 aromatic heterocycles. The largest absolute Gasteiger partial charge is 0.391 e. The number of hydrogen-bond acceptors (Lipinski definition) is 5. The van der Waals surface area contributed by atoms with Crippen molar-refractivity contribution in [2.75, 3.05) is 33.7 Å². The van der Waals surface area contributed by atoms with Crippen LogP contribution in [0.4, 0.5) is 0 Å². The van der Waals surface area contributed by atoms with Crippen LogP contribution in [-0.4, -0.2) is 56.5 Å². The predicted octanol–water partition coefficient (Wildman–Crippen LogP) is 1.51. The lowest BCUT2D eigenvalue weighted by Gasteiger charge is -2.20. The number of aryl methyl sites for hydroxylation is 1. The minimum Gasteiger partial charge on any atom is -0.391 e. The molecule has 1 aromatic rings. The highest BCUT2D eigenvalue weighted by Crippen LogP contribution is 2.28. The quantitative estimate of drug-likeness (QED) is 0.789. The summed E-state index contributed by atoms with van der Waals surface area (Å²) in [5, 5.41) is 9.19. The third kappa shape index (κ3) is 4.26. The molecule has 0 fully saturated rings. The Morgan fingerprint density at radius 3 is 2.40 bits per heavy atom. The number of aliphatic hydroxyl groups is 1. The molecule has 0 aliphatic carbocycles. The third-order valence-corrected chi connectivity index (χ3v) is 6.75. The summed E-state index contributed by atoms with van der Waals surface area (Å²) < 4.78 is 27.0. The molecular weight excluding hydrogens is 296 g/mol. The zero-order valence-electron chi connectivity index (χ0n) is 12.6. The van der Waals surface area contributed by atoms with Gasteiger partial charge in [-0.3, -0.25) is 0 Å². The molecular formula is C13H24N2O3S2. The van der Waals surface area contributed by atoms with E-state index in [1.165, 1.54) is 4.31 Å². The summed E-state index contributed by atoms with van der Waals surface area (Å²) in [7, 11) is 0.508. The Labute approximate surface area is 125 Å². The summed E-state index contributed by atoms with van der Waals surface area (Å²) in [6.45, 7) is 5.39. The van der Waals surface area contributed by atoms with Crippen LogP contribution in [0.3, 0.4) is 0 Å². The number of aliphatic hydroxyl groups excluding tert-OH is 1. The van der Waals surface area contributed by atoms with Crippen LogP contribution < -0.4 is 0 Å². The first kappa shape index (κ1) is 17.6. The van der Waals surface area contributed by atoms with Gasteiger partial charge in [0.15, 0.2) is 0 Å². The predicted molar refractivity (Wildman–Crippen MR) is 82.6 cm³/mol. The van der Waals surface area contributed by atoms with Crippen LogP contribution in [0.15, 0.2) is 10.3 Å².